The van der Waals surface area contributed by atoms with E-state index in [0.717, 1.165) is 11.2 Å². The van der Waals surface area contributed by atoms with Gasteiger partial charge in [-0.2, -0.15) is 0 Å². The zero-order chi connectivity index (χ0) is 16.4. The quantitative estimate of drug-likeness (QED) is 0.629. The number of halogens is 1. The molecule has 3 heterocycles. The molecule has 0 saturated carbocycles. The third-order valence-corrected chi connectivity index (χ3v) is 3.19. The van der Waals surface area contributed by atoms with E-state index in [9.17, 15) is 9.59 Å². The Labute approximate surface area is 135 Å². The van der Waals surface area contributed by atoms with Gasteiger partial charge in [0.1, 0.15) is 11.5 Å². The Hall–Kier alpha value is -3.00. The summed E-state index contributed by atoms with van der Waals surface area (Å²) >= 11 is 5.80. The fourth-order valence-corrected chi connectivity index (χ4v) is 2.18. The first-order chi connectivity index (χ1) is 11.1. The first-order valence-electron chi connectivity index (χ1n) is 6.36. The first-order valence-corrected chi connectivity index (χ1v) is 6.74. The van der Waals surface area contributed by atoms with Gasteiger partial charge < -0.3 is 9.47 Å². The molecule has 0 saturated heterocycles. The molecule has 2 aromatic rings. The molecule has 2 aromatic heterocycles. The summed E-state index contributed by atoms with van der Waals surface area (Å²) in [6.45, 7) is 3.26. The molecule has 0 aliphatic carbocycles. The van der Waals surface area contributed by atoms with Crippen LogP contribution in [0.25, 0.3) is 0 Å². The summed E-state index contributed by atoms with van der Waals surface area (Å²) in [7, 11) is 0. The molecular weight excluding hydrogens is 324 g/mol. The molecule has 0 spiro atoms. The van der Waals surface area contributed by atoms with Gasteiger partial charge in [0.25, 0.3) is 5.91 Å². The summed E-state index contributed by atoms with van der Waals surface area (Å²) in [6.07, 6.45) is 2.87. The summed E-state index contributed by atoms with van der Waals surface area (Å²) in [5.41, 5.74) is 0.260. The fourth-order valence-electron chi connectivity index (χ4n) is 2.07. The average molecular weight is 333 g/mol. The lowest BCUT2D eigenvalue weighted by atomic mass is 10.3. The van der Waals surface area contributed by atoms with Gasteiger partial charge in [0.2, 0.25) is 6.23 Å². The lowest BCUT2D eigenvalue weighted by Gasteiger charge is -2.22. The van der Waals surface area contributed by atoms with E-state index in [1.54, 1.807) is 6.07 Å². The van der Waals surface area contributed by atoms with Gasteiger partial charge in [0.15, 0.2) is 5.69 Å². The first kappa shape index (κ1) is 14.9. The summed E-state index contributed by atoms with van der Waals surface area (Å²) < 4.78 is 9.68. The van der Waals surface area contributed by atoms with Gasteiger partial charge in [-0.3, -0.25) is 9.78 Å². The lowest BCUT2D eigenvalue weighted by Crippen LogP contribution is -2.31. The van der Waals surface area contributed by atoms with Crippen molar-refractivity contribution in [2.45, 2.75) is 6.23 Å². The molecule has 0 N–H and O–H groups in total. The van der Waals surface area contributed by atoms with Crippen molar-refractivity contribution in [2.75, 3.05) is 4.90 Å². The molecule has 1 atom stereocenters. The molecule has 3 rings (SSSR count). The van der Waals surface area contributed by atoms with Crippen LogP contribution in [0.15, 0.2) is 43.6 Å². The minimum absolute atomic E-state index is 0.0700. The van der Waals surface area contributed by atoms with E-state index in [2.05, 4.69) is 26.3 Å². The van der Waals surface area contributed by atoms with Crippen molar-refractivity contribution in [1.82, 2.24) is 15.0 Å². The van der Waals surface area contributed by atoms with Crippen molar-refractivity contribution in [1.29, 1.82) is 0 Å². The number of aromatic nitrogens is 3. The number of pyridine rings is 1. The standard InChI is InChI=1S/C14H9ClN4O4/c1-2-22-14(21)23-13-11-10(16-5-6-17-11)12(20)19(13)9-4-3-8(15)7-18-9/h2-7,13H,1H2. The monoisotopic (exact) mass is 332 g/mol. The van der Waals surface area contributed by atoms with Crippen LogP contribution in [0, 0.1) is 0 Å². The molecule has 0 bridgehead atoms. The van der Waals surface area contributed by atoms with Gasteiger partial charge in [-0.1, -0.05) is 18.2 Å². The number of fused-ring (bicyclic) bond motifs is 1. The highest BCUT2D eigenvalue weighted by molar-refractivity contribution is 6.30. The summed E-state index contributed by atoms with van der Waals surface area (Å²) in [5.74, 6) is -0.269. The number of amides is 1. The van der Waals surface area contributed by atoms with Gasteiger partial charge in [0, 0.05) is 18.6 Å². The fraction of sp³-hybridized carbons (Fsp3) is 0.0714. The van der Waals surface area contributed by atoms with Crippen LogP contribution in [0.5, 0.6) is 0 Å². The van der Waals surface area contributed by atoms with Crippen LogP contribution in [0.3, 0.4) is 0 Å². The summed E-state index contributed by atoms with van der Waals surface area (Å²) in [6, 6.07) is 3.07. The molecule has 23 heavy (non-hydrogen) atoms. The Kier molecular flexibility index (Phi) is 3.90. The maximum absolute atomic E-state index is 12.5. The number of hydrogen-bond donors (Lipinski definition) is 0. The highest BCUT2D eigenvalue weighted by Crippen LogP contribution is 2.35. The van der Waals surface area contributed by atoms with Crippen LogP contribution in [-0.4, -0.2) is 27.0 Å². The highest BCUT2D eigenvalue weighted by atomic mass is 35.5. The van der Waals surface area contributed by atoms with Crippen molar-refractivity contribution in [2.24, 2.45) is 0 Å². The molecule has 8 nitrogen and oxygen atoms in total. The SMILES string of the molecule is C=COC(=O)OC1c2nccnc2C(=O)N1c1ccc(Cl)cn1. The third-order valence-electron chi connectivity index (χ3n) is 2.96. The van der Waals surface area contributed by atoms with Gasteiger partial charge in [-0.05, 0) is 12.1 Å². The largest absolute Gasteiger partial charge is 0.515 e. The molecule has 1 aliphatic rings. The van der Waals surface area contributed by atoms with Gasteiger partial charge in [0.05, 0.1) is 11.3 Å². The van der Waals surface area contributed by atoms with Gasteiger partial charge in [-0.25, -0.2) is 19.7 Å². The molecule has 1 unspecified atom stereocenters. The molecule has 0 aromatic carbocycles. The van der Waals surface area contributed by atoms with E-state index in [4.69, 9.17) is 16.3 Å². The second kappa shape index (κ2) is 6.01. The molecular formula is C14H9ClN4O4. The van der Waals surface area contributed by atoms with Crippen molar-refractivity contribution in [3.63, 3.8) is 0 Å². The second-order valence-electron chi connectivity index (χ2n) is 4.30. The van der Waals surface area contributed by atoms with Crippen molar-refractivity contribution in [3.05, 3.63) is 60.0 Å². The van der Waals surface area contributed by atoms with Gasteiger partial charge >= 0.3 is 6.16 Å². The Balaban J connectivity index is 2.02. The predicted molar refractivity (Wildman–Crippen MR) is 78.6 cm³/mol. The van der Waals surface area contributed by atoms with E-state index in [1.807, 2.05) is 0 Å². The zero-order valence-corrected chi connectivity index (χ0v) is 12.3. The topological polar surface area (TPSA) is 94.5 Å². The smallest absolute Gasteiger partial charge is 0.404 e. The lowest BCUT2D eigenvalue weighted by molar-refractivity contribution is 0.0452. The molecule has 1 aliphatic heterocycles. The average Bonchev–Trinajstić information content (AvgIpc) is 2.82. The molecule has 1 amide bonds. The van der Waals surface area contributed by atoms with Crippen LogP contribution in [0.4, 0.5) is 10.6 Å². The number of nitrogens with zero attached hydrogens (tertiary/aromatic N) is 4. The summed E-state index contributed by atoms with van der Waals surface area (Å²) in [4.78, 5) is 37.4. The van der Waals surface area contributed by atoms with E-state index in [-0.39, 0.29) is 17.2 Å². The number of hydrogen-bond acceptors (Lipinski definition) is 7. The Morgan fingerprint density at radius 1 is 1.30 bits per heavy atom. The third kappa shape index (κ3) is 2.71. The van der Waals surface area contributed by atoms with Crippen molar-refractivity contribution in [3.8, 4) is 0 Å². The van der Waals surface area contributed by atoms with E-state index in [0.29, 0.717) is 5.02 Å². The van der Waals surface area contributed by atoms with E-state index < -0.39 is 18.3 Å². The minimum atomic E-state index is -1.15. The highest BCUT2D eigenvalue weighted by Gasteiger charge is 2.43. The number of carbonyl (C=O) groups excluding carboxylic acids is 2. The molecule has 116 valence electrons. The van der Waals surface area contributed by atoms with Crippen LogP contribution in [0.2, 0.25) is 5.02 Å². The van der Waals surface area contributed by atoms with E-state index in [1.165, 1.54) is 24.7 Å². The predicted octanol–water partition coefficient (Wildman–Crippen LogP) is 2.48. The molecule has 0 radical (unpaired) electrons. The molecule has 0 fully saturated rings. The number of carbonyl (C=O) groups is 2. The number of anilines is 1. The van der Waals surface area contributed by atoms with Crippen LogP contribution in [-0.2, 0) is 9.47 Å². The maximum Gasteiger partial charge on any atom is 0.515 e. The summed E-state index contributed by atoms with van der Waals surface area (Å²) in [5, 5.41) is 0.401. The zero-order valence-electron chi connectivity index (χ0n) is 11.5. The van der Waals surface area contributed by atoms with E-state index >= 15 is 0 Å². The Bertz CT molecular complexity index is 781. The van der Waals surface area contributed by atoms with Crippen LogP contribution >= 0.6 is 11.6 Å². The van der Waals surface area contributed by atoms with Crippen molar-refractivity contribution >= 4 is 29.5 Å². The van der Waals surface area contributed by atoms with Crippen LogP contribution < -0.4 is 4.90 Å². The maximum atomic E-state index is 12.5. The Morgan fingerprint density at radius 3 is 2.78 bits per heavy atom. The Morgan fingerprint density at radius 2 is 2.09 bits per heavy atom. The number of ether oxygens (including phenoxy) is 2. The normalized spacial score (nSPS) is 16.0. The molecule has 9 heteroatoms. The van der Waals surface area contributed by atoms with Crippen LogP contribution in [0.1, 0.15) is 22.4 Å². The number of rotatable bonds is 3. The minimum Gasteiger partial charge on any atom is -0.404 e. The second-order valence-corrected chi connectivity index (χ2v) is 4.74. The van der Waals surface area contributed by atoms with Gasteiger partial charge in [-0.15, -0.1) is 0 Å². The van der Waals surface area contributed by atoms with Crippen molar-refractivity contribution < 1.29 is 19.1 Å².